The van der Waals surface area contributed by atoms with E-state index >= 15 is 0 Å². The van der Waals surface area contributed by atoms with Crippen molar-refractivity contribution < 1.29 is 13.9 Å². The second kappa shape index (κ2) is 7.97. The zero-order valence-electron chi connectivity index (χ0n) is 16.1. The van der Waals surface area contributed by atoms with Crippen molar-refractivity contribution >= 4 is 5.91 Å². The standard InChI is InChI=1S/C20H26FN5O2/c1-15-24-23-14-26(15)8-7-25-10-17-11-28-13-20(17,12-25)19(27)22-6-5-16-3-2-4-18(21)9-16/h2-4,9,14,17H,5-8,10-13H2,1H3,(H,22,27)/t17-,20-/m1/s1. The molecule has 0 unspecified atom stereocenters. The van der Waals surface area contributed by atoms with E-state index in [-0.39, 0.29) is 17.6 Å². The van der Waals surface area contributed by atoms with Gasteiger partial charge in [0.2, 0.25) is 5.91 Å². The summed E-state index contributed by atoms with van der Waals surface area (Å²) in [7, 11) is 0. The molecule has 2 saturated heterocycles. The van der Waals surface area contributed by atoms with Crippen molar-refractivity contribution in [2.75, 3.05) is 39.4 Å². The van der Waals surface area contributed by atoms with Crippen LogP contribution in [0.15, 0.2) is 30.6 Å². The smallest absolute Gasteiger partial charge is 0.230 e. The number of benzene rings is 1. The molecule has 1 N–H and O–H groups in total. The maximum Gasteiger partial charge on any atom is 0.230 e. The molecule has 3 heterocycles. The van der Waals surface area contributed by atoms with E-state index in [1.165, 1.54) is 12.1 Å². The lowest BCUT2D eigenvalue weighted by atomic mass is 9.80. The van der Waals surface area contributed by atoms with E-state index in [9.17, 15) is 9.18 Å². The highest BCUT2D eigenvalue weighted by atomic mass is 19.1. The highest BCUT2D eigenvalue weighted by Crippen LogP contribution is 2.41. The molecular weight excluding hydrogens is 361 g/mol. The van der Waals surface area contributed by atoms with Gasteiger partial charge < -0.3 is 14.6 Å². The van der Waals surface area contributed by atoms with E-state index in [2.05, 4.69) is 20.4 Å². The van der Waals surface area contributed by atoms with Crippen LogP contribution in [-0.2, 0) is 22.5 Å². The van der Waals surface area contributed by atoms with Crippen LogP contribution in [0.25, 0.3) is 0 Å². The van der Waals surface area contributed by atoms with E-state index in [0.29, 0.717) is 32.7 Å². The first-order valence-corrected chi connectivity index (χ1v) is 9.74. The van der Waals surface area contributed by atoms with Crippen LogP contribution >= 0.6 is 0 Å². The number of aryl methyl sites for hydroxylation is 1. The van der Waals surface area contributed by atoms with Crippen LogP contribution in [0.3, 0.4) is 0 Å². The van der Waals surface area contributed by atoms with Crippen LogP contribution in [0.5, 0.6) is 0 Å². The van der Waals surface area contributed by atoms with Gasteiger partial charge in [-0.05, 0) is 31.0 Å². The first-order chi connectivity index (χ1) is 13.6. The minimum atomic E-state index is -0.482. The van der Waals surface area contributed by atoms with Crippen molar-refractivity contribution in [3.8, 4) is 0 Å². The first-order valence-electron chi connectivity index (χ1n) is 9.74. The summed E-state index contributed by atoms with van der Waals surface area (Å²) in [6.45, 7) is 6.75. The maximum absolute atomic E-state index is 13.3. The number of ether oxygens (including phenoxy) is 1. The van der Waals surface area contributed by atoms with Gasteiger partial charge in [0.1, 0.15) is 18.0 Å². The van der Waals surface area contributed by atoms with Crippen molar-refractivity contribution in [1.29, 1.82) is 0 Å². The van der Waals surface area contributed by atoms with Gasteiger partial charge in [0.25, 0.3) is 0 Å². The van der Waals surface area contributed by atoms with Crippen LogP contribution in [0, 0.1) is 24.1 Å². The third-order valence-electron chi connectivity index (χ3n) is 5.95. The average Bonchev–Trinajstić information content (AvgIpc) is 3.34. The van der Waals surface area contributed by atoms with Gasteiger partial charge >= 0.3 is 0 Å². The van der Waals surface area contributed by atoms with Crippen LogP contribution in [0.2, 0.25) is 0 Å². The van der Waals surface area contributed by atoms with Crippen molar-refractivity contribution in [1.82, 2.24) is 25.0 Å². The number of hydrogen-bond donors (Lipinski definition) is 1. The van der Waals surface area contributed by atoms with Gasteiger partial charge in [0.15, 0.2) is 0 Å². The number of amides is 1. The Balaban J connectivity index is 1.32. The molecule has 2 aliphatic heterocycles. The Morgan fingerprint density at radius 3 is 3.11 bits per heavy atom. The number of likely N-dealkylation sites (tertiary alicyclic amines) is 1. The fourth-order valence-electron chi connectivity index (χ4n) is 4.30. The predicted octanol–water partition coefficient (Wildman–Crippen LogP) is 1.03. The average molecular weight is 387 g/mol. The molecule has 0 spiro atoms. The van der Waals surface area contributed by atoms with Gasteiger partial charge in [-0.3, -0.25) is 9.69 Å². The number of aromatic nitrogens is 3. The third kappa shape index (κ3) is 3.79. The highest BCUT2D eigenvalue weighted by molar-refractivity contribution is 5.84. The zero-order chi connectivity index (χ0) is 19.6. The lowest BCUT2D eigenvalue weighted by Gasteiger charge is -2.26. The molecule has 0 radical (unpaired) electrons. The number of nitrogens with zero attached hydrogens (tertiary/aromatic N) is 4. The Bertz CT molecular complexity index is 842. The molecular formula is C20H26FN5O2. The zero-order valence-corrected chi connectivity index (χ0v) is 16.1. The third-order valence-corrected chi connectivity index (χ3v) is 5.95. The SMILES string of the molecule is Cc1nncn1CCN1C[C@@H]2COC[C@]2(C(=O)NCCc2cccc(F)c2)C1. The molecule has 1 aromatic carbocycles. The molecule has 0 aliphatic carbocycles. The van der Waals surface area contributed by atoms with Crippen LogP contribution in [-0.4, -0.2) is 65.0 Å². The molecule has 8 heteroatoms. The van der Waals surface area contributed by atoms with E-state index in [1.807, 2.05) is 17.6 Å². The van der Waals surface area contributed by atoms with Gasteiger partial charge in [-0.2, -0.15) is 0 Å². The molecule has 7 nitrogen and oxygen atoms in total. The van der Waals surface area contributed by atoms with E-state index in [4.69, 9.17) is 4.74 Å². The predicted molar refractivity (Wildman–Crippen MR) is 101 cm³/mol. The quantitative estimate of drug-likeness (QED) is 0.768. The second-order valence-corrected chi connectivity index (χ2v) is 7.81. The summed E-state index contributed by atoms with van der Waals surface area (Å²) in [6, 6.07) is 6.50. The van der Waals surface area contributed by atoms with Gasteiger partial charge in [-0.1, -0.05) is 12.1 Å². The monoisotopic (exact) mass is 387 g/mol. The summed E-state index contributed by atoms with van der Waals surface area (Å²) in [6.07, 6.45) is 2.35. The number of carbonyl (C=O) groups is 1. The fraction of sp³-hybridized carbons (Fsp3) is 0.550. The maximum atomic E-state index is 13.3. The summed E-state index contributed by atoms with van der Waals surface area (Å²) in [4.78, 5) is 15.4. The summed E-state index contributed by atoms with van der Waals surface area (Å²) in [5.74, 6) is 0.909. The van der Waals surface area contributed by atoms with E-state index in [1.54, 1.807) is 12.4 Å². The van der Waals surface area contributed by atoms with Gasteiger partial charge in [0, 0.05) is 38.6 Å². The van der Waals surface area contributed by atoms with Crippen molar-refractivity contribution in [2.24, 2.45) is 11.3 Å². The topological polar surface area (TPSA) is 72.3 Å². The van der Waals surface area contributed by atoms with Crippen molar-refractivity contribution in [3.05, 3.63) is 47.8 Å². The summed E-state index contributed by atoms with van der Waals surface area (Å²) < 4.78 is 21.0. The van der Waals surface area contributed by atoms with Gasteiger partial charge in [-0.25, -0.2) is 4.39 Å². The molecule has 2 atom stereocenters. The number of nitrogens with one attached hydrogen (secondary N) is 1. The number of carbonyl (C=O) groups excluding carboxylic acids is 1. The van der Waals surface area contributed by atoms with Crippen molar-refractivity contribution in [2.45, 2.75) is 19.9 Å². The Morgan fingerprint density at radius 2 is 2.32 bits per heavy atom. The fourth-order valence-corrected chi connectivity index (χ4v) is 4.30. The molecule has 2 aliphatic rings. The molecule has 4 rings (SSSR count). The molecule has 0 saturated carbocycles. The molecule has 2 fully saturated rings. The van der Waals surface area contributed by atoms with Crippen LogP contribution in [0.1, 0.15) is 11.4 Å². The lowest BCUT2D eigenvalue weighted by Crippen LogP contribution is -2.47. The molecule has 1 aromatic heterocycles. The lowest BCUT2D eigenvalue weighted by molar-refractivity contribution is -0.131. The summed E-state index contributed by atoms with van der Waals surface area (Å²) in [5, 5.41) is 11.0. The molecule has 28 heavy (non-hydrogen) atoms. The second-order valence-electron chi connectivity index (χ2n) is 7.81. The molecule has 0 bridgehead atoms. The minimum absolute atomic E-state index is 0.0504. The Kier molecular flexibility index (Phi) is 5.41. The largest absolute Gasteiger partial charge is 0.380 e. The number of fused-ring (bicyclic) bond motifs is 1. The van der Waals surface area contributed by atoms with E-state index in [0.717, 1.165) is 31.0 Å². The Hall–Kier alpha value is -2.32. The normalized spacial score (nSPS) is 24.4. The minimum Gasteiger partial charge on any atom is -0.380 e. The first kappa shape index (κ1) is 19.0. The number of hydrogen-bond acceptors (Lipinski definition) is 5. The molecule has 2 aromatic rings. The Labute approximate surface area is 163 Å². The molecule has 1 amide bonds. The van der Waals surface area contributed by atoms with Gasteiger partial charge in [0.05, 0.1) is 18.6 Å². The molecule has 150 valence electrons. The summed E-state index contributed by atoms with van der Waals surface area (Å²) in [5.41, 5.74) is 0.402. The summed E-state index contributed by atoms with van der Waals surface area (Å²) >= 11 is 0. The number of halogens is 1. The number of rotatable bonds is 7. The van der Waals surface area contributed by atoms with Crippen LogP contribution < -0.4 is 5.32 Å². The Morgan fingerprint density at radius 1 is 1.43 bits per heavy atom. The van der Waals surface area contributed by atoms with Gasteiger partial charge in [-0.15, -0.1) is 10.2 Å². The van der Waals surface area contributed by atoms with Crippen molar-refractivity contribution in [3.63, 3.8) is 0 Å². The van der Waals surface area contributed by atoms with Crippen LogP contribution in [0.4, 0.5) is 4.39 Å². The highest BCUT2D eigenvalue weighted by Gasteiger charge is 2.55. The van der Waals surface area contributed by atoms with E-state index < -0.39 is 5.41 Å².